The van der Waals surface area contributed by atoms with Crippen molar-refractivity contribution in [1.82, 2.24) is 14.5 Å². The molecule has 1 heterocycles. The maximum absolute atomic E-state index is 12.5. The molecule has 0 spiro atoms. The lowest BCUT2D eigenvalue weighted by molar-refractivity contribution is 0.102. The van der Waals surface area contributed by atoms with E-state index < -0.39 is 15.9 Å². The number of carbonyl (C=O) groups is 1. The van der Waals surface area contributed by atoms with Crippen LogP contribution < -0.4 is 5.32 Å². The van der Waals surface area contributed by atoms with Crippen molar-refractivity contribution in [3.05, 3.63) is 35.7 Å². The Morgan fingerprint density at radius 1 is 1.12 bits per heavy atom. The third-order valence-electron chi connectivity index (χ3n) is 3.75. The van der Waals surface area contributed by atoms with Crippen molar-refractivity contribution in [3.8, 4) is 0 Å². The van der Waals surface area contributed by atoms with Crippen molar-refractivity contribution >= 4 is 21.9 Å². The van der Waals surface area contributed by atoms with Crippen molar-refractivity contribution in [2.24, 2.45) is 0 Å². The Morgan fingerprint density at radius 2 is 1.69 bits per heavy atom. The van der Waals surface area contributed by atoms with Crippen LogP contribution in [0.15, 0.2) is 33.6 Å². The third kappa shape index (κ3) is 4.28. The maximum atomic E-state index is 12.5. The fourth-order valence-electron chi connectivity index (χ4n) is 2.24. The van der Waals surface area contributed by atoms with Crippen LogP contribution in [-0.4, -0.2) is 41.9 Å². The van der Waals surface area contributed by atoms with Crippen molar-refractivity contribution in [3.63, 3.8) is 0 Å². The summed E-state index contributed by atoms with van der Waals surface area (Å²) in [5.41, 5.74) is -0.0323. The Balaban J connectivity index is 2.15. The van der Waals surface area contributed by atoms with Gasteiger partial charge in [-0.1, -0.05) is 39.7 Å². The molecule has 0 aliphatic heterocycles. The van der Waals surface area contributed by atoms with E-state index in [0.717, 1.165) is 0 Å². The van der Waals surface area contributed by atoms with Crippen LogP contribution in [0.4, 0.5) is 6.01 Å². The highest BCUT2D eigenvalue weighted by Crippen LogP contribution is 2.22. The fourth-order valence-corrected chi connectivity index (χ4v) is 3.69. The quantitative estimate of drug-likeness (QED) is 0.826. The van der Waals surface area contributed by atoms with Gasteiger partial charge in [0.1, 0.15) is 0 Å². The molecule has 0 saturated carbocycles. The summed E-state index contributed by atoms with van der Waals surface area (Å²) in [6, 6.07) is 5.73. The summed E-state index contributed by atoms with van der Waals surface area (Å²) in [4.78, 5) is 12.4. The van der Waals surface area contributed by atoms with Gasteiger partial charge in [0, 0.05) is 24.1 Å². The molecule has 0 bridgehead atoms. The number of rotatable bonds is 6. The van der Waals surface area contributed by atoms with Crippen LogP contribution >= 0.6 is 0 Å². The van der Waals surface area contributed by atoms with Crippen LogP contribution in [-0.2, 0) is 15.4 Å². The van der Waals surface area contributed by atoms with Crippen LogP contribution in [0.2, 0.25) is 0 Å². The van der Waals surface area contributed by atoms with Gasteiger partial charge in [-0.2, -0.15) is 4.31 Å². The first-order valence-electron chi connectivity index (χ1n) is 8.35. The van der Waals surface area contributed by atoms with Crippen molar-refractivity contribution in [1.29, 1.82) is 0 Å². The highest BCUT2D eigenvalue weighted by atomic mass is 32.2. The predicted octanol–water partition coefficient (Wildman–Crippen LogP) is 2.65. The lowest BCUT2D eigenvalue weighted by Gasteiger charge is -2.18. The van der Waals surface area contributed by atoms with Crippen LogP contribution in [0.25, 0.3) is 0 Å². The van der Waals surface area contributed by atoms with E-state index in [4.69, 9.17) is 4.42 Å². The molecule has 1 aromatic carbocycles. The van der Waals surface area contributed by atoms with Crippen molar-refractivity contribution in [2.75, 3.05) is 18.4 Å². The van der Waals surface area contributed by atoms with Crippen molar-refractivity contribution < 1.29 is 17.6 Å². The number of nitrogens with one attached hydrogen (secondary N) is 1. The Labute approximate surface area is 153 Å². The van der Waals surface area contributed by atoms with Gasteiger partial charge in [0.05, 0.1) is 4.90 Å². The second kappa shape index (κ2) is 7.55. The maximum Gasteiger partial charge on any atom is 0.322 e. The van der Waals surface area contributed by atoms with E-state index >= 15 is 0 Å². The van der Waals surface area contributed by atoms with Crippen molar-refractivity contribution in [2.45, 2.75) is 44.9 Å². The summed E-state index contributed by atoms with van der Waals surface area (Å²) in [6.45, 7) is 10.1. The third-order valence-corrected chi connectivity index (χ3v) is 5.81. The molecule has 0 unspecified atom stereocenters. The Bertz CT molecular complexity index is 863. The summed E-state index contributed by atoms with van der Waals surface area (Å²) in [5.74, 6) is -0.0469. The number of anilines is 1. The van der Waals surface area contributed by atoms with Crippen LogP contribution in [0, 0.1) is 0 Å². The normalized spacial score (nSPS) is 12.4. The van der Waals surface area contributed by atoms with E-state index in [1.165, 1.54) is 28.6 Å². The van der Waals surface area contributed by atoms with Gasteiger partial charge in [0.15, 0.2) is 0 Å². The smallest absolute Gasteiger partial charge is 0.322 e. The molecule has 0 atom stereocenters. The molecule has 142 valence electrons. The summed E-state index contributed by atoms with van der Waals surface area (Å²) in [5, 5.41) is 10.2. The van der Waals surface area contributed by atoms with Gasteiger partial charge >= 0.3 is 6.01 Å². The largest absolute Gasteiger partial charge is 0.407 e. The lowest BCUT2D eigenvalue weighted by Crippen LogP contribution is -2.30. The zero-order valence-corrected chi connectivity index (χ0v) is 16.4. The molecule has 1 N–H and O–H groups in total. The molecule has 8 nitrogen and oxygen atoms in total. The SMILES string of the molecule is CCN(CC)S(=O)(=O)c1ccc(C(=O)Nc2nnc(C(C)(C)C)o2)cc1. The second-order valence-corrected chi connectivity index (χ2v) is 8.67. The first kappa shape index (κ1) is 20.1. The summed E-state index contributed by atoms with van der Waals surface area (Å²) < 4.78 is 31.7. The van der Waals surface area contributed by atoms with Gasteiger partial charge in [-0.3, -0.25) is 10.1 Å². The summed E-state index contributed by atoms with van der Waals surface area (Å²) in [6.07, 6.45) is 0. The molecule has 2 rings (SSSR count). The number of amides is 1. The molecule has 1 amide bonds. The number of carbonyl (C=O) groups excluding carboxylic acids is 1. The van der Waals surface area contributed by atoms with Crippen LogP contribution in [0.1, 0.15) is 50.9 Å². The number of hydrogen-bond acceptors (Lipinski definition) is 6. The van der Waals surface area contributed by atoms with Gasteiger partial charge in [0.2, 0.25) is 15.9 Å². The predicted molar refractivity (Wildman–Crippen MR) is 97.5 cm³/mol. The Morgan fingerprint density at radius 3 is 2.15 bits per heavy atom. The zero-order valence-electron chi connectivity index (χ0n) is 15.6. The minimum absolute atomic E-state index is 0.000218. The van der Waals surface area contributed by atoms with Gasteiger partial charge in [0.25, 0.3) is 5.91 Å². The minimum atomic E-state index is -3.55. The molecule has 1 aromatic heterocycles. The summed E-state index contributed by atoms with van der Waals surface area (Å²) in [7, 11) is -3.55. The van der Waals surface area contributed by atoms with Crippen LogP contribution in [0.5, 0.6) is 0 Å². The lowest BCUT2D eigenvalue weighted by atomic mass is 9.97. The van der Waals surface area contributed by atoms with E-state index in [9.17, 15) is 13.2 Å². The molecule has 0 aliphatic carbocycles. The monoisotopic (exact) mass is 380 g/mol. The molecular formula is C17H24N4O4S. The second-order valence-electron chi connectivity index (χ2n) is 6.73. The van der Waals surface area contributed by atoms with Gasteiger partial charge in [-0.05, 0) is 24.3 Å². The average molecular weight is 380 g/mol. The number of nitrogens with zero attached hydrogens (tertiary/aromatic N) is 3. The highest BCUT2D eigenvalue weighted by Gasteiger charge is 2.23. The van der Waals surface area contributed by atoms with E-state index in [0.29, 0.717) is 24.5 Å². The number of aromatic nitrogens is 2. The average Bonchev–Trinajstić information content (AvgIpc) is 3.04. The minimum Gasteiger partial charge on any atom is -0.407 e. The fraction of sp³-hybridized carbons (Fsp3) is 0.471. The molecule has 0 aliphatic rings. The molecular weight excluding hydrogens is 356 g/mol. The van der Waals surface area contributed by atoms with Gasteiger partial charge in [-0.25, -0.2) is 8.42 Å². The Kier molecular flexibility index (Phi) is 5.82. The molecule has 0 fully saturated rings. The highest BCUT2D eigenvalue weighted by molar-refractivity contribution is 7.89. The van der Waals surface area contributed by atoms with Crippen LogP contribution in [0.3, 0.4) is 0 Å². The number of sulfonamides is 1. The molecule has 9 heteroatoms. The first-order valence-corrected chi connectivity index (χ1v) is 9.79. The van der Waals surface area contributed by atoms with Gasteiger partial charge in [-0.15, -0.1) is 5.10 Å². The first-order chi connectivity index (χ1) is 12.1. The topological polar surface area (TPSA) is 105 Å². The molecule has 26 heavy (non-hydrogen) atoms. The molecule has 0 saturated heterocycles. The van der Waals surface area contributed by atoms with E-state index in [1.54, 1.807) is 13.8 Å². The summed E-state index contributed by atoms with van der Waals surface area (Å²) >= 11 is 0. The van der Waals surface area contributed by atoms with E-state index in [1.807, 2.05) is 20.8 Å². The zero-order chi connectivity index (χ0) is 19.5. The van der Waals surface area contributed by atoms with E-state index in [2.05, 4.69) is 15.5 Å². The number of benzene rings is 1. The Hall–Kier alpha value is -2.26. The molecule has 0 radical (unpaired) electrons. The van der Waals surface area contributed by atoms with E-state index in [-0.39, 0.29) is 16.3 Å². The standard InChI is InChI=1S/C17H24N4O4S/c1-6-21(7-2)26(23,24)13-10-8-12(9-11-13)14(22)18-16-20-19-15(25-16)17(3,4)5/h8-11H,6-7H2,1-5H3,(H,18,20,22). The number of hydrogen-bond donors (Lipinski definition) is 1. The molecule has 2 aromatic rings. The van der Waals surface area contributed by atoms with Gasteiger partial charge < -0.3 is 4.42 Å².